The molecule has 6 aromatic carbocycles. The fourth-order valence-electron chi connectivity index (χ4n) is 6.10. The molecule has 202 valence electrons. The maximum absolute atomic E-state index is 10.7. The third-order valence-electron chi connectivity index (χ3n) is 8.15. The lowest BCUT2D eigenvalue weighted by atomic mass is 9.87. The van der Waals surface area contributed by atoms with Crippen LogP contribution in [0.4, 0.5) is 0 Å². The van der Waals surface area contributed by atoms with Gasteiger partial charge in [-0.05, 0) is 89.0 Å². The number of rotatable bonds is 3. The second kappa shape index (κ2) is 10.2. The van der Waals surface area contributed by atoms with Gasteiger partial charge in [0, 0.05) is 51.5 Å². The van der Waals surface area contributed by atoms with Crippen LogP contribution >= 0.6 is 22.7 Å². The molecule has 0 atom stereocenters. The van der Waals surface area contributed by atoms with Crippen LogP contribution in [-0.4, -0.2) is 0 Å². The molecule has 0 bridgehead atoms. The van der Waals surface area contributed by atoms with E-state index >= 15 is 0 Å². The van der Waals surface area contributed by atoms with Crippen LogP contribution in [0.1, 0.15) is 16.7 Å². The zero-order valence-corrected chi connectivity index (χ0v) is 24.8. The summed E-state index contributed by atoms with van der Waals surface area (Å²) in [4.78, 5) is 0. The molecule has 0 spiro atoms. The van der Waals surface area contributed by atoms with Gasteiger partial charge in [-0.3, -0.25) is 0 Å². The monoisotopic (exact) mass is 593 g/mol. The zero-order chi connectivity index (χ0) is 29.8. The van der Waals surface area contributed by atoms with E-state index in [9.17, 15) is 15.8 Å². The van der Waals surface area contributed by atoms with Gasteiger partial charge in [0.2, 0.25) is 0 Å². The van der Waals surface area contributed by atoms with Gasteiger partial charge >= 0.3 is 0 Å². The standard InChI is InChI=1S/C39H19N3S2/c40-20-23-13-24(21-41)15-27(14-23)28-18-31(25-9-11-38-33(16-25)29-5-1-3-7-36(29)43-38)35(22-42)32(19-28)26-10-12-39-34(17-26)30-6-2-4-8-37(30)44-39/h1-19H. The largest absolute Gasteiger partial charge is 0.192 e. The fourth-order valence-corrected chi connectivity index (χ4v) is 8.27. The zero-order valence-electron chi connectivity index (χ0n) is 23.1. The Kier molecular flexibility index (Phi) is 6.00. The first-order valence-corrected chi connectivity index (χ1v) is 15.6. The van der Waals surface area contributed by atoms with Gasteiger partial charge in [-0.25, -0.2) is 0 Å². The Morgan fingerprint density at radius 2 is 0.841 bits per heavy atom. The molecule has 0 aliphatic heterocycles. The van der Waals surface area contributed by atoms with Crippen LogP contribution in [0.2, 0.25) is 0 Å². The van der Waals surface area contributed by atoms with Crippen LogP contribution in [-0.2, 0) is 0 Å². The quantitative estimate of drug-likeness (QED) is 0.205. The van der Waals surface area contributed by atoms with Crippen LogP contribution < -0.4 is 0 Å². The minimum Gasteiger partial charge on any atom is -0.192 e. The molecule has 8 aromatic rings. The molecule has 0 saturated heterocycles. The topological polar surface area (TPSA) is 71.4 Å². The summed E-state index contributed by atoms with van der Waals surface area (Å²) in [6, 6.07) is 45.8. The molecule has 0 aliphatic carbocycles. The Morgan fingerprint density at radius 1 is 0.386 bits per heavy atom. The highest BCUT2D eigenvalue weighted by atomic mass is 32.1. The van der Waals surface area contributed by atoms with Gasteiger partial charge in [-0.2, -0.15) is 15.8 Å². The molecule has 0 aliphatic rings. The lowest BCUT2D eigenvalue weighted by Gasteiger charge is -2.15. The van der Waals surface area contributed by atoms with Crippen molar-refractivity contribution < 1.29 is 0 Å². The van der Waals surface area contributed by atoms with E-state index in [4.69, 9.17) is 0 Å². The molecule has 8 rings (SSSR count). The first kappa shape index (κ1) is 25.9. The molecule has 0 saturated carbocycles. The minimum atomic E-state index is 0.420. The third-order valence-corrected chi connectivity index (χ3v) is 10.5. The van der Waals surface area contributed by atoms with Crippen molar-refractivity contribution in [3.8, 4) is 51.6 Å². The van der Waals surface area contributed by atoms with E-state index < -0.39 is 0 Å². The highest BCUT2D eigenvalue weighted by Crippen LogP contribution is 2.42. The first-order valence-electron chi connectivity index (χ1n) is 14.0. The Labute approximate surface area is 261 Å². The third kappa shape index (κ3) is 4.14. The maximum atomic E-state index is 10.7. The van der Waals surface area contributed by atoms with E-state index in [2.05, 4.69) is 103 Å². The first-order chi connectivity index (χ1) is 21.6. The molecular formula is C39H19N3S2. The lowest BCUT2D eigenvalue weighted by molar-refractivity contribution is 1.44. The van der Waals surface area contributed by atoms with Gasteiger partial charge in [0.15, 0.2) is 0 Å². The summed E-state index contributed by atoms with van der Waals surface area (Å²) in [5.74, 6) is 0. The Morgan fingerprint density at radius 3 is 1.32 bits per heavy atom. The molecule has 3 nitrogen and oxygen atoms in total. The van der Waals surface area contributed by atoms with Crippen molar-refractivity contribution in [2.24, 2.45) is 0 Å². The molecule has 0 N–H and O–H groups in total. The highest BCUT2D eigenvalue weighted by molar-refractivity contribution is 7.26. The number of hydrogen-bond donors (Lipinski definition) is 0. The highest BCUT2D eigenvalue weighted by Gasteiger charge is 2.18. The molecule has 0 amide bonds. The van der Waals surface area contributed by atoms with E-state index in [1.807, 2.05) is 12.1 Å². The molecule has 0 fully saturated rings. The van der Waals surface area contributed by atoms with Gasteiger partial charge < -0.3 is 0 Å². The summed E-state index contributed by atoms with van der Waals surface area (Å²) in [5, 5.41) is 34.8. The number of thiophene rings is 2. The molecule has 2 aromatic heterocycles. The second-order valence-corrected chi connectivity index (χ2v) is 12.9. The summed E-state index contributed by atoms with van der Waals surface area (Å²) < 4.78 is 4.84. The van der Waals surface area contributed by atoms with Crippen molar-refractivity contribution in [3.63, 3.8) is 0 Å². The average Bonchev–Trinajstić information content (AvgIpc) is 3.65. The van der Waals surface area contributed by atoms with Crippen molar-refractivity contribution in [2.75, 3.05) is 0 Å². The van der Waals surface area contributed by atoms with Crippen LogP contribution in [0.5, 0.6) is 0 Å². The van der Waals surface area contributed by atoms with E-state index in [0.29, 0.717) is 16.7 Å². The van der Waals surface area contributed by atoms with Crippen molar-refractivity contribution >= 4 is 63.0 Å². The summed E-state index contributed by atoms with van der Waals surface area (Å²) in [6.45, 7) is 0. The van der Waals surface area contributed by atoms with Crippen LogP contribution in [0.15, 0.2) is 115 Å². The summed E-state index contributed by atoms with van der Waals surface area (Å²) in [5.41, 5.74) is 6.54. The Bertz CT molecular complexity index is 2430. The number of nitriles is 3. The van der Waals surface area contributed by atoms with Crippen molar-refractivity contribution in [1.29, 1.82) is 15.8 Å². The smallest absolute Gasteiger partial charge is 0.100 e. The molecule has 0 unspecified atom stereocenters. The minimum absolute atomic E-state index is 0.420. The van der Waals surface area contributed by atoms with Gasteiger partial charge in [0.1, 0.15) is 6.07 Å². The Hall–Kier alpha value is -5.77. The fraction of sp³-hybridized carbons (Fsp3) is 0. The van der Waals surface area contributed by atoms with Crippen molar-refractivity contribution in [3.05, 3.63) is 132 Å². The van der Waals surface area contributed by atoms with E-state index in [1.54, 1.807) is 40.9 Å². The van der Waals surface area contributed by atoms with Crippen LogP contribution in [0.25, 0.3) is 73.7 Å². The second-order valence-electron chi connectivity index (χ2n) is 10.7. The summed E-state index contributed by atoms with van der Waals surface area (Å²) in [6.07, 6.45) is 0. The predicted octanol–water partition coefficient (Wildman–Crippen LogP) is 11.0. The number of nitrogens with zero attached hydrogens (tertiary/aromatic N) is 3. The van der Waals surface area contributed by atoms with Crippen LogP contribution in [0.3, 0.4) is 0 Å². The molecule has 2 heterocycles. The number of hydrogen-bond acceptors (Lipinski definition) is 5. The predicted molar refractivity (Wildman–Crippen MR) is 183 cm³/mol. The molecular weight excluding hydrogens is 575 g/mol. The van der Waals surface area contributed by atoms with E-state index in [-0.39, 0.29) is 0 Å². The van der Waals surface area contributed by atoms with Gasteiger partial charge in [0.25, 0.3) is 0 Å². The average molecular weight is 594 g/mol. The molecule has 0 radical (unpaired) electrons. The van der Waals surface area contributed by atoms with Crippen LogP contribution in [0, 0.1) is 34.0 Å². The van der Waals surface area contributed by atoms with E-state index in [0.717, 1.165) is 44.2 Å². The SMILES string of the molecule is N#Cc1cc(C#N)cc(-c2cc(-c3ccc4sc5ccccc5c4c3)c(C#N)c(-c3ccc4sc5ccccc5c4c3)c2)c1. The number of benzene rings is 6. The van der Waals surface area contributed by atoms with Crippen molar-refractivity contribution in [1.82, 2.24) is 0 Å². The maximum Gasteiger partial charge on any atom is 0.100 e. The Balaban J connectivity index is 1.43. The normalized spacial score (nSPS) is 11.1. The van der Waals surface area contributed by atoms with Gasteiger partial charge in [-0.1, -0.05) is 48.5 Å². The number of fused-ring (bicyclic) bond motifs is 6. The van der Waals surface area contributed by atoms with E-state index in [1.165, 1.54) is 29.6 Å². The molecule has 5 heteroatoms. The lowest BCUT2D eigenvalue weighted by Crippen LogP contribution is -1.94. The van der Waals surface area contributed by atoms with Gasteiger partial charge in [-0.15, -0.1) is 22.7 Å². The molecule has 44 heavy (non-hydrogen) atoms. The van der Waals surface area contributed by atoms with Gasteiger partial charge in [0.05, 0.1) is 28.8 Å². The summed E-state index contributed by atoms with van der Waals surface area (Å²) in [7, 11) is 0. The van der Waals surface area contributed by atoms with Crippen molar-refractivity contribution in [2.45, 2.75) is 0 Å². The summed E-state index contributed by atoms with van der Waals surface area (Å²) >= 11 is 3.52.